The molecule has 1 aliphatic rings. The van der Waals surface area contributed by atoms with Crippen LogP contribution in [0, 0.1) is 11.8 Å². The zero-order valence-corrected chi connectivity index (χ0v) is 12.3. The monoisotopic (exact) mass is 258 g/mol. The molecule has 0 amide bonds. The van der Waals surface area contributed by atoms with Crippen LogP contribution in [0.1, 0.15) is 32.3 Å². The molecule has 0 saturated carbocycles. The van der Waals surface area contributed by atoms with Gasteiger partial charge in [0.2, 0.25) is 0 Å². The van der Waals surface area contributed by atoms with Crippen LogP contribution in [0.2, 0.25) is 0 Å². The van der Waals surface area contributed by atoms with E-state index in [1.165, 1.54) is 38.0 Å². The van der Waals surface area contributed by atoms with Gasteiger partial charge in [0, 0.05) is 19.3 Å². The van der Waals surface area contributed by atoms with Gasteiger partial charge in [0.15, 0.2) is 0 Å². The third-order valence-electron chi connectivity index (χ3n) is 3.73. The first kappa shape index (κ1) is 14.3. The Morgan fingerprint density at radius 1 is 1.21 bits per heavy atom. The van der Waals surface area contributed by atoms with Crippen LogP contribution in [0.15, 0.2) is 35.3 Å². The summed E-state index contributed by atoms with van der Waals surface area (Å²) in [5.74, 6) is 1.57. The second kappa shape index (κ2) is 7.44. The average molecular weight is 258 g/mol. The van der Waals surface area contributed by atoms with Crippen LogP contribution < -0.4 is 0 Å². The van der Waals surface area contributed by atoms with Crippen molar-refractivity contribution in [1.82, 2.24) is 4.90 Å². The molecular formula is C17H26N2. The molecule has 1 aliphatic heterocycles. The lowest BCUT2D eigenvalue weighted by atomic mass is 9.96. The van der Waals surface area contributed by atoms with E-state index in [9.17, 15) is 0 Å². The van der Waals surface area contributed by atoms with Crippen LogP contribution >= 0.6 is 0 Å². The normalized spacial score (nSPS) is 18.5. The standard InChI is InChI=1S/C17H26N2/c1-15(2)14-19-10-8-17(9-11-19)13-18-12-16-6-4-3-5-7-16/h3-7,12,15,17H,8-11,13-14H2,1-2H3. The molecule has 0 radical (unpaired) electrons. The molecule has 0 N–H and O–H groups in total. The molecule has 1 saturated heterocycles. The van der Waals surface area contributed by atoms with E-state index in [1.807, 2.05) is 12.3 Å². The summed E-state index contributed by atoms with van der Waals surface area (Å²) in [6.07, 6.45) is 4.62. The lowest BCUT2D eigenvalue weighted by Crippen LogP contribution is -2.36. The highest BCUT2D eigenvalue weighted by Gasteiger charge is 2.18. The van der Waals surface area contributed by atoms with Crippen LogP contribution in [-0.2, 0) is 0 Å². The summed E-state index contributed by atoms with van der Waals surface area (Å²) in [5, 5.41) is 0. The van der Waals surface area contributed by atoms with Crippen LogP contribution in [0.4, 0.5) is 0 Å². The summed E-state index contributed by atoms with van der Waals surface area (Å²) >= 11 is 0. The highest BCUT2D eigenvalue weighted by atomic mass is 15.1. The van der Waals surface area contributed by atoms with Crippen molar-refractivity contribution in [2.75, 3.05) is 26.2 Å². The molecule has 1 fully saturated rings. The first-order valence-electron chi connectivity index (χ1n) is 7.51. The lowest BCUT2D eigenvalue weighted by molar-refractivity contribution is 0.171. The van der Waals surface area contributed by atoms with E-state index in [-0.39, 0.29) is 0 Å². The number of benzene rings is 1. The zero-order chi connectivity index (χ0) is 13.5. The number of aliphatic imine (C=N–C) groups is 1. The predicted molar refractivity (Wildman–Crippen MR) is 82.9 cm³/mol. The van der Waals surface area contributed by atoms with E-state index in [1.54, 1.807) is 0 Å². The van der Waals surface area contributed by atoms with E-state index in [2.05, 4.69) is 48.0 Å². The van der Waals surface area contributed by atoms with E-state index < -0.39 is 0 Å². The predicted octanol–water partition coefficient (Wildman–Crippen LogP) is 3.47. The van der Waals surface area contributed by atoms with Crippen molar-refractivity contribution >= 4 is 6.21 Å². The minimum Gasteiger partial charge on any atom is -0.303 e. The smallest absolute Gasteiger partial charge is 0.0418 e. The number of hydrogen-bond donors (Lipinski definition) is 0. The minimum absolute atomic E-state index is 0.781. The van der Waals surface area contributed by atoms with Gasteiger partial charge in [0.25, 0.3) is 0 Å². The maximum Gasteiger partial charge on any atom is 0.0418 e. The van der Waals surface area contributed by atoms with E-state index in [0.717, 1.165) is 18.4 Å². The molecule has 0 aliphatic carbocycles. The molecule has 2 rings (SSSR count). The number of rotatable bonds is 5. The Morgan fingerprint density at radius 2 is 1.89 bits per heavy atom. The highest BCUT2D eigenvalue weighted by molar-refractivity contribution is 5.79. The molecule has 2 heteroatoms. The van der Waals surface area contributed by atoms with Crippen LogP contribution in [-0.4, -0.2) is 37.3 Å². The van der Waals surface area contributed by atoms with Gasteiger partial charge in [-0.15, -0.1) is 0 Å². The summed E-state index contributed by atoms with van der Waals surface area (Å²) in [5.41, 5.74) is 1.21. The summed E-state index contributed by atoms with van der Waals surface area (Å²) in [4.78, 5) is 7.21. The second-order valence-electron chi connectivity index (χ2n) is 6.04. The Kier molecular flexibility index (Phi) is 5.59. The highest BCUT2D eigenvalue weighted by Crippen LogP contribution is 2.18. The van der Waals surface area contributed by atoms with Crippen molar-refractivity contribution in [1.29, 1.82) is 0 Å². The SMILES string of the molecule is CC(C)CN1CCC(CN=Cc2ccccc2)CC1. The van der Waals surface area contributed by atoms with Crippen molar-refractivity contribution in [3.05, 3.63) is 35.9 Å². The Hall–Kier alpha value is -1.15. The lowest BCUT2D eigenvalue weighted by Gasteiger charge is -2.32. The molecule has 2 nitrogen and oxygen atoms in total. The van der Waals surface area contributed by atoms with Gasteiger partial charge in [0.1, 0.15) is 0 Å². The molecule has 1 heterocycles. The van der Waals surface area contributed by atoms with E-state index in [4.69, 9.17) is 0 Å². The molecule has 19 heavy (non-hydrogen) atoms. The maximum atomic E-state index is 4.61. The molecule has 0 aromatic heterocycles. The van der Waals surface area contributed by atoms with E-state index >= 15 is 0 Å². The molecule has 0 unspecified atom stereocenters. The minimum atomic E-state index is 0.781. The Balaban J connectivity index is 1.70. The van der Waals surface area contributed by atoms with Crippen LogP contribution in [0.3, 0.4) is 0 Å². The molecular weight excluding hydrogens is 232 g/mol. The number of piperidine rings is 1. The number of hydrogen-bond acceptors (Lipinski definition) is 2. The molecule has 1 aromatic rings. The van der Waals surface area contributed by atoms with Crippen molar-refractivity contribution in [3.8, 4) is 0 Å². The van der Waals surface area contributed by atoms with E-state index in [0.29, 0.717) is 0 Å². The quantitative estimate of drug-likeness (QED) is 0.738. The van der Waals surface area contributed by atoms with Crippen molar-refractivity contribution in [2.45, 2.75) is 26.7 Å². The van der Waals surface area contributed by atoms with Crippen molar-refractivity contribution in [2.24, 2.45) is 16.8 Å². The third-order valence-corrected chi connectivity index (χ3v) is 3.73. The third kappa shape index (κ3) is 5.15. The second-order valence-corrected chi connectivity index (χ2v) is 6.04. The fourth-order valence-electron chi connectivity index (χ4n) is 2.71. The van der Waals surface area contributed by atoms with Crippen LogP contribution in [0.25, 0.3) is 0 Å². The fourth-order valence-corrected chi connectivity index (χ4v) is 2.71. The summed E-state index contributed by atoms with van der Waals surface area (Å²) in [6, 6.07) is 10.4. The van der Waals surface area contributed by atoms with Crippen molar-refractivity contribution < 1.29 is 0 Å². The molecule has 1 aromatic carbocycles. The summed E-state index contributed by atoms with van der Waals surface area (Å²) in [7, 11) is 0. The Labute approximate surface area is 117 Å². The largest absolute Gasteiger partial charge is 0.303 e. The molecule has 0 bridgehead atoms. The number of nitrogens with zero attached hydrogens (tertiary/aromatic N) is 2. The van der Waals surface area contributed by atoms with Gasteiger partial charge in [-0.2, -0.15) is 0 Å². The summed E-state index contributed by atoms with van der Waals surface area (Å²) in [6.45, 7) is 9.35. The molecule has 104 valence electrons. The van der Waals surface area contributed by atoms with Crippen LogP contribution in [0.5, 0.6) is 0 Å². The molecule has 0 spiro atoms. The zero-order valence-electron chi connectivity index (χ0n) is 12.3. The maximum absolute atomic E-state index is 4.61. The Morgan fingerprint density at radius 3 is 2.53 bits per heavy atom. The first-order valence-corrected chi connectivity index (χ1v) is 7.51. The van der Waals surface area contributed by atoms with Gasteiger partial charge in [-0.05, 0) is 43.3 Å². The molecule has 0 atom stereocenters. The van der Waals surface area contributed by atoms with Gasteiger partial charge < -0.3 is 4.90 Å². The van der Waals surface area contributed by atoms with Gasteiger partial charge in [-0.1, -0.05) is 44.2 Å². The van der Waals surface area contributed by atoms with Gasteiger partial charge in [-0.25, -0.2) is 0 Å². The number of likely N-dealkylation sites (tertiary alicyclic amines) is 1. The first-order chi connectivity index (χ1) is 9.24. The summed E-state index contributed by atoms with van der Waals surface area (Å²) < 4.78 is 0. The van der Waals surface area contributed by atoms with Crippen molar-refractivity contribution in [3.63, 3.8) is 0 Å². The Bertz CT molecular complexity index is 376. The van der Waals surface area contributed by atoms with Gasteiger partial charge in [-0.3, -0.25) is 4.99 Å². The average Bonchev–Trinajstić information content (AvgIpc) is 2.41. The fraction of sp³-hybridized carbons (Fsp3) is 0.588. The van der Waals surface area contributed by atoms with Gasteiger partial charge in [0.05, 0.1) is 0 Å². The van der Waals surface area contributed by atoms with Gasteiger partial charge >= 0.3 is 0 Å². The topological polar surface area (TPSA) is 15.6 Å².